The summed E-state index contributed by atoms with van der Waals surface area (Å²) in [4.78, 5) is 23.2. The van der Waals surface area contributed by atoms with Gasteiger partial charge < -0.3 is 10.1 Å². The van der Waals surface area contributed by atoms with Crippen molar-refractivity contribution in [1.29, 1.82) is 0 Å². The third-order valence-corrected chi connectivity index (χ3v) is 4.81. The zero-order chi connectivity index (χ0) is 18.3. The Balaban J connectivity index is 3.77. The second-order valence-corrected chi connectivity index (χ2v) is 9.10. The summed E-state index contributed by atoms with van der Waals surface area (Å²) >= 11 is 0. The maximum Gasteiger partial charge on any atom is 0.325 e. The molecule has 4 nitrogen and oxygen atoms in total. The molecule has 1 N–H and O–H groups in total. The number of esters is 1. The van der Waals surface area contributed by atoms with E-state index in [-0.39, 0.29) is 18.4 Å². The van der Waals surface area contributed by atoms with Crippen LogP contribution in [-0.2, 0) is 14.3 Å². The van der Waals surface area contributed by atoms with Crippen LogP contribution in [0.4, 0.5) is 0 Å². The average Bonchev–Trinajstić information content (AvgIpc) is 2.37. The quantitative estimate of drug-likeness (QED) is 0.533. The maximum atomic E-state index is 11.6. The van der Waals surface area contributed by atoms with Crippen molar-refractivity contribution in [2.24, 2.45) is 16.2 Å². The lowest BCUT2D eigenvalue weighted by Gasteiger charge is -2.39. The summed E-state index contributed by atoms with van der Waals surface area (Å²) in [5.74, 6) is -0.503. The Bertz CT molecular complexity index is 386. The largest absolute Gasteiger partial charge is 0.464 e. The molecule has 0 saturated carbocycles. The van der Waals surface area contributed by atoms with Crippen LogP contribution in [0.5, 0.6) is 0 Å². The van der Waals surface area contributed by atoms with Gasteiger partial charge in [0.15, 0.2) is 0 Å². The summed E-state index contributed by atoms with van der Waals surface area (Å²) < 4.78 is 5.15. The Labute approximate surface area is 142 Å². The van der Waals surface area contributed by atoms with Crippen molar-refractivity contribution in [1.82, 2.24) is 5.32 Å². The van der Waals surface area contributed by atoms with Gasteiger partial charge in [-0.25, -0.2) is 0 Å². The molecule has 4 heteroatoms. The third-order valence-electron chi connectivity index (χ3n) is 4.81. The first-order valence-corrected chi connectivity index (χ1v) is 8.71. The molecule has 23 heavy (non-hydrogen) atoms. The highest BCUT2D eigenvalue weighted by Gasteiger charge is 2.31. The lowest BCUT2D eigenvalue weighted by atomic mass is 9.67. The van der Waals surface area contributed by atoms with Crippen LogP contribution in [0, 0.1) is 16.2 Å². The summed E-state index contributed by atoms with van der Waals surface area (Å²) in [6.07, 6.45) is 4.25. The molecule has 0 heterocycles. The second kappa shape index (κ2) is 8.70. The molecule has 0 aromatic heterocycles. The number of ether oxygens (including phenoxy) is 1. The molecule has 0 saturated heterocycles. The Morgan fingerprint density at radius 2 is 1.43 bits per heavy atom. The number of rotatable bonds is 8. The van der Waals surface area contributed by atoms with Crippen molar-refractivity contribution in [2.75, 3.05) is 13.2 Å². The molecule has 136 valence electrons. The molecule has 0 aliphatic rings. The highest BCUT2D eigenvalue weighted by atomic mass is 16.5. The Morgan fingerprint density at radius 1 is 0.870 bits per heavy atom. The lowest BCUT2D eigenvalue weighted by Crippen LogP contribution is -2.38. The van der Waals surface area contributed by atoms with Crippen LogP contribution in [0.3, 0.4) is 0 Å². The van der Waals surface area contributed by atoms with Crippen LogP contribution >= 0.6 is 0 Å². The monoisotopic (exact) mass is 327 g/mol. The van der Waals surface area contributed by atoms with Gasteiger partial charge in [0.25, 0.3) is 0 Å². The van der Waals surface area contributed by atoms with E-state index in [0.29, 0.717) is 17.4 Å². The number of hydrogen-bond acceptors (Lipinski definition) is 3. The zero-order valence-electron chi connectivity index (χ0n) is 16.5. The summed E-state index contributed by atoms with van der Waals surface area (Å²) in [6.45, 7) is 17.3. The Morgan fingerprint density at radius 3 is 1.91 bits per heavy atom. The van der Waals surface area contributed by atoms with Gasteiger partial charge in [0.05, 0.1) is 6.61 Å². The predicted molar refractivity (Wildman–Crippen MR) is 95.1 cm³/mol. The van der Waals surface area contributed by atoms with Crippen molar-refractivity contribution in [3.63, 3.8) is 0 Å². The summed E-state index contributed by atoms with van der Waals surface area (Å²) in [7, 11) is 0. The van der Waals surface area contributed by atoms with E-state index >= 15 is 0 Å². The number of unbranched alkanes of at least 4 members (excludes halogenated alkanes) is 2. The number of hydrogen-bond donors (Lipinski definition) is 1. The third kappa shape index (κ3) is 8.97. The molecule has 0 unspecified atom stereocenters. The molecule has 0 aromatic rings. The molecule has 0 aromatic carbocycles. The first-order valence-electron chi connectivity index (χ1n) is 8.71. The van der Waals surface area contributed by atoms with Crippen LogP contribution in [0.1, 0.15) is 81.1 Å². The van der Waals surface area contributed by atoms with E-state index in [4.69, 9.17) is 4.74 Å². The SMILES string of the molecule is CC(C)(C)C(=O)NCC(=O)OCCCCCC(C)(C)C(C)(C)C. The van der Waals surface area contributed by atoms with E-state index in [9.17, 15) is 9.59 Å². The normalized spacial score (nSPS) is 12.9. The summed E-state index contributed by atoms with van der Waals surface area (Å²) in [5, 5.41) is 2.60. The van der Waals surface area contributed by atoms with Crippen LogP contribution in [-0.4, -0.2) is 25.0 Å². The number of carbonyl (C=O) groups is 2. The van der Waals surface area contributed by atoms with Crippen LogP contribution in [0.15, 0.2) is 0 Å². The molecule has 0 aliphatic heterocycles. The molecule has 0 aliphatic carbocycles. The number of amides is 1. The Hall–Kier alpha value is -1.06. The second-order valence-electron chi connectivity index (χ2n) is 9.10. The standard InChI is InChI=1S/C19H37NO3/c1-17(2,3)16(22)20-14-15(21)23-13-11-9-10-12-19(7,8)18(4,5)6/h9-14H2,1-8H3,(H,20,22). The van der Waals surface area contributed by atoms with Gasteiger partial charge in [0.2, 0.25) is 5.91 Å². The molecule has 0 radical (unpaired) electrons. The molecular formula is C19H37NO3. The van der Waals surface area contributed by atoms with Crippen molar-refractivity contribution in [2.45, 2.75) is 81.1 Å². The number of carbonyl (C=O) groups excluding carboxylic acids is 2. The van der Waals surface area contributed by atoms with E-state index < -0.39 is 5.41 Å². The molecule has 1 amide bonds. The smallest absolute Gasteiger partial charge is 0.325 e. The fraction of sp³-hybridized carbons (Fsp3) is 0.895. The average molecular weight is 328 g/mol. The topological polar surface area (TPSA) is 55.4 Å². The summed E-state index contributed by atoms with van der Waals surface area (Å²) in [6, 6.07) is 0. The minimum absolute atomic E-state index is 0.0485. The number of nitrogens with one attached hydrogen (secondary N) is 1. The zero-order valence-corrected chi connectivity index (χ0v) is 16.5. The van der Waals surface area contributed by atoms with Crippen molar-refractivity contribution in [3.05, 3.63) is 0 Å². The molecular weight excluding hydrogens is 290 g/mol. The first kappa shape index (κ1) is 21.9. The van der Waals surface area contributed by atoms with Gasteiger partial charge in [-0.05, 0) is 23.7 Å². The van der Waals surface area contributed by atoms with Gasteiger partial charge in [-0.15, -0.1) is 0 Å². The van der Waals surface area contributed by atoms with Gasteiger partial charge in [0, 0.05) is 5.41 Å². The van der Waals surface area contributed by atoms with Crippen molar-refractivity contribution < 1.29 is 14.3 Å². The Kier molecular flexibility index (Phi) is 8.30. The van der Waals surface area contributed by atoms with Crippen LogP contribution in [0.25, 0.3) is 0 Å². The van der Waals surface area contributed by atoms with Gasteiger partial charge in [0.1, 0.15) is 6.54 Å². The van der Waals surface area contributed by atoms with Gasteiger partial charge >= 0.3 is 5.97 Å². The lowest BCUT2D eigenvalue weighted by molar-refractivity contribution is -0.144. The van der Waals surface area contributed by atoms with Crippen LogP contribution in [0.2, 0.25) is 0 Å². The molecule has 0 atom stereocenters. The van der Waals surface area contributed by atoms with Gasteiger partial charge in [-0.2, -0.15) is 0 Å². The molecule has 0 spiro atoms. The van der Waals surface area contributed by atoms with E-state index in [0.717, 1.165) is 19.3 Å². The highest BCUT2D eigenvalue weighted by Crippen LogP contribution is 2.41. The highest BCUT2D eigenvalue weighted by molar-refractivity contribution is 5.85. The van der Waals surface area contributed by atoms with Gasteiger partial charge in [-0.1, -0.05) is 68.2 Å². The molecule has 0 rings (SSSR count). The van der Waals surface area contributed by atoms with E-state index in [2.05, 4.69) is 39.9 Å². The van der Waals surface area contributed by atoms with Gasteiger partial charge in [-0.3, -0.25) is 9.59 Å². The van der Waals surface area contributed by atoms with E-state index in [1.54, 1.807) is 0 Å². The molecule has 0 bridgehead atoms. The molecule has 0 fully saturated rings. The predicted octanol–water partition coefficient (Wildman–Crippen LogP) is 4.32. The fourth-order valence-electron chi connectivity index (χ4n) is 1.88. The fourth-order valence-corrected chi connectivity index (χ4v) is 1.88. The van der Waals surface area contributed by atoms with Crippen molar-refractivity contribution in [3.8, 4) is 0 Å². The minimum atomic E-state index is -0.486. The van der Waals surface area contributed by atoms with Crippen molar-refractivity contribution >= 4 is 11.9 Å². The minimum Gasteiger partial charge on any atom is -0.464 e. The first-order chi connectivity index (χ1) is 10.3. The van der Waals surface area contributed by atoms with Crippen LogP contribution < -0.4 is 5.32 Å². The summed E-state index contributed by atoms with van der Waals surface area (Å²) in [5.41, 5.74) is 0.117. The van der Waals surface area contributed by atoms with E-state index in [1.165, 1.54) is 6.42 Å². The maximum absolute atomic E-state index is 11.6. The van der Waals surface area contributed by atoms with E-state index in [1.807, 2.05) is 20.8 Å².